The molecule has 5 aliphatic heterocycles. The van der Waals surface area contributed by atoms with Crippen molar-refractivity contribution in [1.82, 2.24) is 50.1 Å². The van der Waals surface area contributed by atoms with E-state index >= 15 is 0 Å². The van der Waals surface area contributed by atoms with E-state index in [1.807, 2.05) is 25.5 Å². The molecule has 1 unspecified atom stereocenters. The Morgan fingerprint density at radius 3 is 2.26 bits per heavy atom. The van der Waals surface area contributed by atoms with Gasteiger partial charge in [0.1, 0.15) is 40.6 Å². The van der Waals surface area contributed by atoms with E-state index in [0.29, 0.717) is 48.5 Å². The summed E-state index contributed by atoms with van der Waals surface area (Å²) in [6.45, 7) is 12.6. The number of likely N-dealkylation sites (tertiary alicyclic amines) is 1. The fourth-order valence-electron chi connectivity index (χ4n) is 11.5. The van der Waals surface area contributed by atoms with Crippen LogP contribution < -0.4 is 14.8 Å². The van der Waals surface area contributed by atoms with Crippen LogP contribution in [0.2, 0.25) is 0 Å². The molecule has 4 saturated heterocycles. The maximum Gasteiger partial charge on any atom is 0.410 e. The molecule has 3 atom stereocenters. The fourth-order valence-corrected chi connectivity index (χ4v) is 11.5. The van der Waals surface area contributed by atoms with E-state index in [9.17, 15) is 4.79 Å². The topological polar surface area (TPSA) is 186 Å². The number of carbonyl (C=O) groups is 1. The number of rotatable bonds is 9. The van der Waals surface area contributed by atoms with Crippen molar-refractivity contribution >= 4 is 33.5 Å². The predicted octanol–water partition coefficient (Wildman–Crippen LogP) is 10.2. The minimum atomic E-state index is -0.544. The number of H-pyrrole nitrogens is 1. The lowest BCUT2D eigenvalue weighted by molar-refractivity contribution is -0.0365. The molecular formula is C57H72N10O7. The molecule has 2 saturated carbocycles. The van der Waals surface area contributed by atoms with E-state index in [-0.39, 0.29) is 37.4 Å². The lowest BCUT2D eigenvalue weighted by Crippen LogP contribution is -2.51. The summed E-state index contributed by atoms with van der Waals surface area (Å²) in [7, 11) is 0. The van der Waals surface area contributed by atoms with Crippen molar-refractivity contribution in [1.29, 1.82) is 0 Å². The van der Waals surface area contributed by atoms with Gasteiger partial charge in [-0.1, -0.05) is 25.6 Å². The number of nitrogens with one attached hydrogen (secondary N) is 2. The summed E-state index contributed by atoms with van der Waals surface area (Å²) in [6, 6.07) is 13.1. The van der Waals surface area contributed by atoms with Crippen molar-refractivity contribution in [3.63, 3.8) is 0 Å². The summed E-state index contributed by atoms with van der Waals surface area (Å²) in [5.41, 5.74) is 8.71. The van der Waals surface area contributed by atoms with Gasteiger partial charge < -0.3 is 38.6 Å². The van der Waals surface area contributed by atoms with Gasteiger partial charge >= 0.3 is 6.09 Å². The third-order valence-corrected chi connectivity index (χ3v) is 16.2. The first kappa shape index (κ1) is 50.2. The van der Waals surface area contributed by atoms with Crippen LogP contribution in [0, 0.1) is 10.8 Å². The second-order valence-corrected chi connectivity index (χ2v) is 22.2. The maximum atomic E-state index is 12.9. The molecule has 2 N–H and O–H groups in total. The Balaban J connectivity index is 0.000000166. The fraction of sp³-hybridized carbons (Fsp3) is 0.561. The molecule has 0 bridgehead atoms. The van der Waals surface area contributed by atoms with E-state index < -0.39 is 5.60 Å². The van der Waals surface area contributed by atoms with Gasteiger partial charge in [0.25, 0.3) is 0 Å². The number of fused-ring (bicyclic) bond motifs is 2. The molecule has 392 valence electrons. The van der Waals surface area contributed by atoms with Gasteiger partial charge in [-0.25, -0.2) is 19.4 Å². The highest BCUT2D eigenvalue weighted by Gasteiger charge is 2.55. The summed E-state index contributed by atoms with van der Waals surface area (Å²) < 4.78 is 37.8. The third-order valence-electron chi connectivity index (χ3n) is 16.2. The van der Waals surface area contributed by atoms with Crippen molar-refractivity contribution in [3.8, 4) is 34.5 Å². The standard InChI is InChI=1S/C33H41N5O5.C23H27N5O2.CH4/c1-32(2,3)43-31(39)37-14-13-33(11-12-33)27(21-37)42-28-20-34-19-25(35-28)30-24-18-23(22-9-16-40-17-10-22)7-8-26(24)38(36-30)29-6-4-5-15-41-29;1-2-18-17(11-16(1)15-3-9-29-10-4-15)22(28-27-18)19-12-25-14-21(26-19)30-20-13-24-8-7-23(20)5-6-23;/h7-9,18-20,27,29H,4-6,10-17,21H2,1-3H3;1-2,11-12,14-15,20,24H,3-10,13H2,(H,27,28);1H4/t27-,29?;20-;/m00./s1. The first-order valence-electron chi connectivity index (χ1n) is 26.7. The minimum absolute atomic E-state index is 0. The van der Waals surface area contributed by atoms with E-state index in [1.54, 1.807) is 29.7 Å². The smallest absolute Gasteiger partial charge is 0.410 e. The Labute approximate surface area is 433 Å². The monoisotopic (exact) mass is 1010 g/mol. The van der Waals surface area contributed by atoms with Crippen molar-refractivity contribution < 1.29 is 33.2 Å². The number of aromatic nitrogens is 8. The largest absolute Gasteiger partial charge is 0.471 e. The van der Waals surface area contributed by atoms with Crippen LogP contribution in [0.3, 0.4) is 0 Å². The summed E-state index contributed by atoms with van der Waals surface area (Å²) in [5, 5.41) is 18.3. The zero-order valence-corrected chi connectivity index (χ0v) is 42.4. The molecule has 2 aliphatic carbocycles. The van der Waals surface area contributed by atoms with Gasteiger partial charge in [0.15, 0.2) is 6.23 Å². The highest BCUT2D eigenvalue weighted by molar-refractivity contribution is 5.95. The van der Waals surface area contributed by atoms with Gasteiger partial charge in [0.05, 0.1) is 55.6 Å². The van der Waals surface area contributed by atoms with Crippen molar-refractivity contribution in [2.45, 2.75) is 135 Å². The average Bonchev–Trinajstić information content (AvgIpc) is 4.30. The molecule has 6 fully saturated rings. The van der Waals surface area contributed by atoms with Crippen LogP contribution in [0.1, 0.15) is 129 Å². The highest BCUT2D eigenvalue weighted by Crippen LogP contribution is 2.55. The highest BCUT2D eigenvalue weighted by atomic mass is 16.6. The van der Waals surface area contributed by atoms with Crippen LogP contribution >= 0.6 is 0 Å². The second-order valence-electron chi connectivity index (χ2n) is 22.2. The molecule has 2 spiro atoms. The van der Waals surface area contributed by atoms with Crippen LogP contribution in [0.25, 0.3) is 50.2 Å². The Hall–Kier alpha value is -6.01. The minimum Gasteiger partial charge on any atom is -0.471 e. The molecule has 17 nitrogen and oxygen atoms in total. The lowest BCUT2D eigenvalue weighted by Gasteiger charge is -2.39. The first-order chi connectivity index (χ1) is 35.6. The normalized spacial score (nSPS) is 23.4. The van der Waals surface area contributed by atoms with Crippen LogP contribution in [-0.4, -0.2) is 128 Å². The average molecular weight is 1010 g/mol. The van der Waals surface area contributed by atoms with Gasteiger partial charge in [0.2, 0.25) is 11.8 Å². The number of nitrogens with zero attached hydrogens (tertiary/aromatic N) is 8. The molecular weight excluding hydrogens is 937 g/mol. The molecule has 1 amide bonds. The lowest BCUT2D eigenvalue weighted by atomic mass is 9.90. The Kier molecular flexibility index (Phi) is 14.2. The molecule has 0 radical (unpaired) electrons. The Morgan fingerprint density at radius 1 is 0.784 bits per heavy atom. The number of piperidine rings is 2. The quantitative estimate of drug-likeness (QED) is 0.139. The number of ether oxygens (including phenoxy) is 6. The molecule has 2 aromatic carbocycles. The number of amides is 1. The summed E-state index contributed by atoms with van der Waals surface area (Å²) >= 11 is 0. The Bertz CT molecular complexity index is 2980. The molecule has 4 aromatic heterocycles. The number of hydrogen-bond acceptors (Lipinski definition) is 14. The third kappa shape index (κ3) is 10.6. The van der Waals surface area contributed by atoms with Crippen LogP contribution in [-0.2, 0) is 18.9 Å². The number of benzene rings is 2. The first-order valence-corrected chi connectivity index (χ1v) is 26.7. The van der Waals surface area contributed by atoms with Crippen molar-refractivity contribution in [3.05, 3.63) is 78.4 Å². The molecule has 7 aliphatic rings. The van der Waals surface area contributed by atoms with Gasteiger partial charge in [0, 0.05) is 54.5 Å². The number of aromatic amines is 1. The SMILES string of the molecule is C.CC(C)(C)OC(=O)N1CCC2(CC2)[C@@H](Oc2cncc(-c3nn(C4CCCCO4)c4ccc(C5=CCOCC5)cc34)n2)C1.c1cc2[nH]nc(-c3cncc(O[C@H]4CNCCC45CC5)n3)c2cc1C1CCOCC1. The maximum absolute atomic E-state index is 12.9. The van der Waals surface area contributed by atoms with Crippen LogP contribution in [0.15, 0.2) is 67.3 Å². The second kappa shape index (κ2) is 21.0. The summed E-state index contributed by atoms with van der Waals surface area (Å²) in [5.74, 6) is 1.57. The Morgan fingerprint density at radius 2 is 1.54 bits per heavy atom. The van der Waals surface area contributed by atoms with Crippen LogP contribution in [0.5, 0.6) is 11.8 Å². The molecule has 6 aromatic rings. The summed E-state index contributed by atoms with van der Waals surface area (Å²) in [4.78, 5) is 33.3. The number of hydrogen-bond donors (Lipinski definition) is 2. The van der Waals surface area contributed by atoms with E-state index in [4.69, 9.17) is 43.5 Å². The summed E-state index contributed by atoms with van der Waals surface area (Å²) in [6.07, 6.45) is 21.6. The van der Waals surface area contributed by atoms with E-state index in [2.05, 4.69) is 68.0 Å². The molecule has 17 heteroatoms. The predicted molar refractivity (Wildman–Crippen MR) is 282 cm³/mol. The molecule has 9 heterocycles. The van der Waals surface area contributed by atoms with E-state index in [0.717, 1.165) is 136 Å². The van der Waals surface area contributed by atoms with Gasteiger partial charge in [-0.15, -0.1) is 0 Å². The van der Waals surface area contributed by atoms with Crippen molar-refractivity contribution in [2.75, 3.05) is 59.2 Å². The number of carbonyl (C=O) groups excluding carboxylic acids is 1. The molecule has 74 heavy (non-hydrogen) atoms. The van der Waals surface area contributed by atoms with Gasteiger partial charge in [-0.3, -0.25) is 15.1 Å². The van der Waals surface area contributed by atoms with Crippen LogP contribution in [0.4, 0.5) is 4.79 Å². The van der Waals surface area contributed by atoms with Crippen molar-refractivity contribution in [2.24, 2.45) is 10.8 Å². The zero-order valence-electron chi connectivity index (χ0n) is 42.4. The zero-order chi connectivity index (χ0) is 49.6. The van der Waals surface area contributed by atoms with Gasteiger partial charge in [-0.2, -0.15) is 10.2 Å². The van der Waals surface area contributed by atoms with E-state index in [1.165, 1.54) is 36.0 Å². The van der Waals surface area contributed by atoms with Gasteiger partial charge in [-0.05, 0) is 151 Å². The molecule has 13 rings (SSSR count).